The summed E-state index contributed by atoms with van der Waals surface area (Å²) in [6.07, 6.45) is 0. The Bertz CT molecular complexity index is 581. The Kier molecular flexibility index (Phi) is 5.01. The van der Waals surface area contributed by atoms with Crippen molar-refractivity contribution >= 4 is 28.6 Å². The molecular formula is C15H18N2O2S. The van der Waals surface area contributed by atoms with Gasteiger partial charge in [0, 0.05) is 11.8 Å². The molecule has 20 heavy (non-hydrogen) atoms. The molecule has 0 atom stereocenters. The van der Waals surface area contributed by atoms with Crippen LogP contribution in [-0.4, -0.2) is 12.5 Å². The maximum atomic E-state index is 11.1. The van der Waals surface area contributed by atoms with Gasteiger partial charge in [0.05, 0.1) is 24.5 Å². The molecule has 0 saturated heterocycles. The van der Waals surface area contributed by atoms with Gasteiger partial charge in [0.25, 0.3) is 0 Å². The molecule has 106 valence electrons. The molecule has 0 radical (unpaired) electrons. The molecule has 0 spiro atoms. The maximum Gasteiger partial charge on any atom is 0.221 e. The van der Waals surface area contributed by atoms with Gasteiger partial charge in [0.2, 0.25) is 5.91 Å². The zero-order valence-corrected chi connectivity index (χ0v) is 12.4. The van der Waals surface area contributed by atoms with Crippen LogP contribution >= 0.6 is 11.3 Å². The molecule has 1 amide bonds. The first-order valence-electron chi connectivity index (χ1n) is 6.50. The molecule has 0 saturated carbocycles. The highest BCUT2D eigenvalue weighted by Gasteiger charge is 2.07. The Morgan fingerprint density at radius 1 is 1.25 bits per heavy atom. The van der Waals surface area contributed by atoms with Crippen LogP contribution in [0.2, 0.25) is 0 Å². The van der Waals surface area contributed by atoms with Gasteiger partial charge >= 0.3 is 0 Å². The van der Waals surface area contributed by atoms with Crippen LogP contribution in [0.1, 0.15) is 18.7 Å². The van der Waals surface area contributed by atoms with E-state index in [4.69, 9.17) is 4.74 Å². The summed E-state index contributed by atoms with van der Waals surface area (Å²) in [5.74, 6) is 0.784. The zero-order chi connectivity index (χ0) is 14.4. The lowest BCUT2D eigenvalue weighted by molar-refractivity contribution is -0.114. The molecule has 2 rings (SSSR count). The average molecular weight is 290 g/mol. The minimum Gasteiger partial charge on any atom is -0.492 e. The number of anilines is 2. The second-order valence-electron chi connectivity index (χ2n) is 4.22. The van der Waals surface area contributed by atoms with Crippen molar-refractivity contribution in [2.75, 3.05) is 17.2 Å². The quantitative estimate of drug-likeness (QED) is 0.852. The highest BCUT2D eigenvalue weighted by molar-refractivity contribution is 7.10. The second-order valence-corrected chi connectivity index (χ2v) is 5.22. The normalized spacial score (nSPS) is 10.1. The standard InChI is InChI=1S/C15H18N2O2S/c1-3-19-14-7-5-4-6-12(14)16-10-15-13(8-9-20-15)17-11(2)18/h4-9,16H,3,10H2,1-2H3,(H,17,18). The Labute approximate surface area is 122 Å². The molecule has 0 bridgehead atoms. The number of hydrogen-bond donors (Lipinski definition) is 2. The van der Waals surface area contributed by atoms with E-state index in [9.17, 15) is 4.79 Å². The highest BCUT2D eigenvalue weighted by atomic mass is 32.1. The molecule has 0 aliphatic carbocycles. The van der Waals surface area contributed by atoms with Crippen LogP contribution in [0.15, 0.2) is 35.7 Å². The summed E-state index contributed by atoms with van der Waals surface area (Å²) in [4.78, 5) is 12.2. The van der Waals surface area contributed by atoms with E-state index >= 15 is 0 Å². The fourth-order valence-corrected chi connectivity index (χ4v) is 2.62. The fourth-order valence-electron chi connectivity index (χ4n) is 1.85. The average Bonchev–Trinajstić information content (AvgIpc) is 2.84. The number of carbonyl (C=O) groups is 1. The number of rotatable bonds is 6. The molecule has 4 nitrogen and oxygen atoms in total. The predicted molar refractivity (Wildman–Crippen MR) is 83.6 cm³/mol. The van der Waals surface area contributed by atoms with Crippen molar-refractivity contribution in [3.8, 4) is 5.75 Å². The summed E-state index contributed by atoms with van der Waals surface area (Å²) >= 11 is 1.61. The molecule has 5 heteroatoms. The zero-order valence-electron chi connectivity index (χ0n) is 11.6. The smallest absolute Gasteiger partial charge is 0.221 e. The van der Waals surface area contributed by atoms with Crippen molar-refractivity contribution in [1.29, 1.82) is 0 Å². The van der Waals surface area contributed by atoms with E-state index in [2.05, 4.69) is 10.6 Å². The van der Waals surface area contributed by atoms with Crippen LogP contribution in [0.5, 0.6) is 5.75 Å². The van der Waals surface area contributed by atoms with E-state index in [0.717, 1.165) is 22.0 Å². The number of para-hydroxylation sites is 2. The van der Waals surface area contributed by atoms with E-state index in [1.165, 1.54) is 6.92 Å². The lowest BCUT2D eigenvalue weighted by atomic mass is 10.3. The summed E-state index contributed by atoms with van der Waals surface area (Å²) in [5.41, 5.74) is 1.82. The first-order valence-corrected chi connectivity index (χ1v) is 7.38. The van der Waals surface area contributed by atoms with Gasteiger partial charge in [-0.05, 0) is 30.5 Å². The van der Waals surface area contributed by atoms with E-state index in [1.54, 1.807) is 11.3 Å². The van der Waals surface area contributed by atoms with Gasteiger partial charge in [-0.15, -0.1) is 11.3 Å². The van der Waals surface area contributed by atoms with E-state index in [1.807, 2.05) is 42.6 Å². The first-order chi connectivity index (χ1) is 9.70. The molecule has 0 aliphatic rings. The van der Waals surface area contributed by atoms with Gasteiger partial charge in [-0.1, -0.05) is 12.1 Å². The summed E-state index contributed by atoms with van der Waals surface area (Å²) in [6, 6.07) is 9.75. The van der Waals surface area contributed by atoms with E-state index in [0.29, 0.717) is 13.2 Å². The number of carbonyl (C=O) groups excluding carboxylic acids is 1. The van der Waals surface area contributed by atoms with Gasteiger partial charge in [0.1, 0.15) is 5.75 Å². The van der Waals surface area contributed by atoms with Crippen LogP contribution in [0.3, 0.4) is 0 Å². The van der Waals surface area contributed by atoms with E-state index in [-0.39, 0.29) is 5.91 Å². The Morgan fingerprint density at radius 2 is 2.05 bits per heavy atom. The van der Waals surface area contributed by atoms with Gasteiger partial charge in [0.15, 0.2) is 0 Å². The molecule has 1 aromatic heterocycles. The van der Waals surface area contributed by atoms with Crippen LogP contribution in [0.4, 0.5) is 11.4 Å². The van der Waals surface area contributed by atoms with Crippen molar-refractivity contribution in [2.45, 2.75) is 20.4 Å². The second kappa shape index (κ2) is 6.96. The largest absolute Gasteiger partial charge is 0.492 e. The molecule has 1 aromatic carbocycles. The Balaban J connectivity index is 2.05. The minimum absolute atomic E-state index is 0.0561. The monoisotopic (exact) mass is 290 g/mol. The Hall–Kier alpha value is -2.01. The third kappa shape index (κ3) is 3.74. The fraction of sp³-hybridized carbons (Fsp3) is 0.267. The van der Waals surface area contributed by atoms with Gasteiger partial charge < -0.3 is 15.4 Å². The van der Waals surface area contributed by atoms with Gasteiger partial charge in [-0.2, -0.15) is 0 Å². The predicted octanol–water partition coefficient (Wildman–Crippen LogP) is 3.72. The third-order valence-corrected chi connectivity index (χ3v) is 3.60. The number of thiophene rings is 1. The van der Waals surface area contributed by atoms with Crippen LogP contribution in [0, 0.1) is 0 Å². The molecular weight excluding hydrogens is 272 g/mol. The SMILES string of the molecule is CCOc1ccccc1NCc1sccc1NC(C)=O. The minimum atomic E-state index is -0.0561. The summed E-state index contributed by atoms with van der Waals surface area (Å²) in [6.45, 7) is 4.76. The van der Waals surface area contributed by atoms with Crippen molar-refractivity contribution in [3.63, 3.8) is 0 Å². The summed E-state index contributed by atoms with van der Waals surface area (Å²) in [5, 5.41) is 8.15. The van der Waals surface area contributed by atoms with Crippen LogP contribution in [-0.2, 0) is 11.3 Å². The van der Waals surface area contributed by atoms with Crippen molar-refractivity contribution in [2.24, 2.45) is 0 Å². The summed E-state index contributed by atoms with van der Waals surface area (Å²) < 4.78 is 5.57. The molecule has 1 heterocycles. The van der Waals surface area contributed by atoms with Crippen molar-refractivity contribution in [1.82, 2.24) is 0 Å². The molecule has 2 aromatic rings. The molecule has 0 aliphatic heterocycles. The third-order valence-electron chi connectivity index (χ3n) is 2.68. The molecule has 2 N–H and O–H groups in total. The van der Waals surface area contributed by atoms with Crippen LogP contribution < -0.4 is 15.4 Å². The number of amides is 1. The lowest BCUT2D eigenvalue weighted by Gasteiger charge is -2.12. The highest BCUT2D eigenvalue weighted by Crippen LogP contribution is 2.27. The number of hydrogen-bond acceptors (Lipinski definition) is 4. The number of ether oxygens (including phenoxy) is 1. The molecule has 0 unspecified atom stereocenters. The van der Waals surface area contributed by atoms with Crippen LogP contribution in [0.25, 0.3) is 0 Å². The Morgan fingerprint density at radius 3 is 2.80 bits per heavy atom. The first kappa shape index (κ1) is 14.4. The summed E-state index contributed by atoms with van der Waals surface area (Å²) in [7, 11) is 0. The molecule has 0 fully saturated rings. The van der Waals surface area contributed by atoms with Gasteiger partial charge in [-0.3, -0.25) is 4.79 Å². The van der Waals surface area contributed by atoms with Crippen molar-refractivity contribution in [3.05, 3.63) is 40.6 Å². The van der Waals surface area contributed by atoms with Gasteiger partial charge in [-0.25, -0.2) is 0 Å². The lowest BCUT2D eigenvalue weighted by Crippen LogP contribution is -2.08. The number of benzene rings is 1. The van der Waals surface area contributed by atoms with E-state index < -0.39 is 0 Å². The van der Waals surface area contributed by atoms with Crippen molar-refractivity contribution < 1.29 is 9.53 Å². The number of nitrogens with one attached hydrogen (secondary N) is 2. The topological polar surface area (TPSA) is 50.4 Å². The maximum absolute atomic E-state index is 11.1.